The van der Waals surface area contributed by atoms with Crippen LogP contribution >= 0.6 is 11.6 Å². The molecule has 25 heavy (non-hydrogen) atoms. The molecule has 0 heterocycles. The van der Waals surface area contributed by atoms with Crippen LogP contribution in [0.25, 0.3) is 0 Å². The summed E-state index contributed by atoms with van der Waals surface area (Å²) in [5, 5.41) is 14.6. The van der Waals surface area contributed by atoms with Gasteiger partial charge in [-0.3, -0.25) is 14.9 Å². The van der Waals surface area contributed by atoms with Crippen LogP contribution in [-0.2, 0) is 4.79 Å². The minimum absolute atomic E-state index is 0.0830. The fourth-order valence-electron chi connectivity index (χ4n) is 2.48. The van der Waals surface area contributed by atoms with Crippen LogP contribution in [0.4, 0.5) is 5.69 Å². The van der Waals surface area contributed by atoms with Gasteiger partial charge in [-0.15, -0.1) is 0 Å². The third-order valence-corrected chi connectivity index (χ3v) is 4.01. The second kappa shape index (κ2) is 8.48. The number of benzene rings is 2. The SMILES string of the molecule is CCC(NC(=O)COc1cccc(C)c1[N+](=O)[O-])c1ccc(Cl)cc1. The number of hydrogen-bond donors (Lipinski definition) is 1. The molecular formula is C18H19ClN2O4. The number of nitro groups is 1. The van der Waals surface area contributed by atoms with Crippen molar-refractivity contribution in [1.82, 2.24) is 5.32 Å². The topological polar surface area (TPSA) is 81.5 Å². The van der Waals surface area contributed by atoms with Crippen molar-refractivity contribution in [1.29, 1.82) is 0 Å². The molecule has 0 radical (unpaired) electrons. The number of hydrogen-bond acceptors (Lipinski definition) is 4. The minimum atomic E-state index is -0.509. The van der Waals surface area contributed by atoms with Crippen molar-refractivity contribution in [3.8, 4) is 5.75 Å². The van der Waals surface area contributed by atoms with E-state index in [1.807, 2.05) is 19.1 Å². The van der Waals surface area contributed by atoms with Crippen LogP contribution in [0.2, 0.25) is 5.02 Å². The molecule has 0 aromatic heterocycles. The fraction of sp³-hybridized carbons (Fsp3) is 0.278. The average molecular weight is 363 g/mol. The summed E-state index contributed by atoms with van der Waals surface area (Å²) in [4.78, 5) is 22.8. The summed E-state index contributed by atoms with van der Waals surface area (Å²) < 4.78 is 5.37. The second-order valence-electron chi connectivity index (χ2n) is 5.55. The smallest absolute Gasteiger partial charge is 0.313 e. The zero-order chi connectivity index (χ0) is 18.4. The van der Waals surface area contributed by atoms with Gasteiger partial charge in [-0.2, -0.15) is 0 Å². The number of ether oxygens (including phenoxy) is 1. The molecule has 7 heteroatoms. The fourth-order valence-corrected chi connectivity index (χ4v) is 2.60. The first-order valence-electron chi connectivity index (χ1n) is 7.84. The monoisotopic (exact) mass is 362 g/mol. The Kier molecular flexibility index (Phi) is 6.36. The number of nitro benzene ring substituents is 1. The maximum absolute atomic E-state index is 12.2. The summed E-state index contributed by atoms with van der Waals surface area (Å²) in [7, 11) is 0. The van der Waals surface area contributed by atoms with Crippen molar-refractivity contribution in [3.63, 3.8) is 0 Å². The van der Waals surface area contributed by atoms with Crippen LogP contribution in [0.1, 0.15) is 30.5 Å². The number of nitrogens with one attached hydrogen (secondary N) is 1. The van der Waals surface area contributed by atoms with Gasteiger partial charge in [0.05, 0.1) is 11.0 Å². The summed E-state index contributed by atoms with van der Waals surface area (Å²) >= 11 is 5.87. The van der Waals surface area contributed by atoms with Gasteiger partial charge in [0.25, 0.3) is 5.91 Å². The lowest BCUT2D eigenvalue weighted by molar-refractivity contribution is -0.386. The number of rotatable bonds is 7. The highest BCUT2D eigenvalue weighted by atomic mass is 35.5. The van der Waals surface area contributed by atoms with E-state index in [2.05, 4.69) is 5.32 Å². The standard InChI is InChI=1S/C18H19ClN2O4/c1-3-15(13-7-9-14(19)10-8-13)20-17(22)11-25-16-6-4-5-12(2)18(16)21(23)24/h4-10,15H,3,11H2,1-2H3,(H,20,22). The minimum Gasteiger partial charge on any atom is -0.477 e. The first-order valence-corrected chi connectivity index (χ1v) is 8.21. The van der Waals surface area contributed by atoms with E-state index in [1.165, 1.54) is 6.07 Å². The Hall–Kier alpha value is -2.60. The average Bonchev–Trinajstić information content (AvgIpc) is 2.58. The van der Waals surface area contributed by atoms with E-state index in [4.69, 9.17) is 16.3 Å². The quantitative estimate of drug-likeness (QED) is 0.591. The van der Waals surface area contributed by atoms with Crippen LogP contribution in [0.5, 0.6) is 5.75 Å². The zero-order valence-electron chi connectivity index (χ0n) is 14.0. The molecule has 1 amide bonds. The van der Waals surface area contributed by atoms with Gasteiger partial charge in [-0.25, -0.2) is 0 Å². The Labute approximate surface area is 150 Å². The molecule has 6 nitrogen and oxygen atoms in total. The third-order valence-electron chi connectivity index (χ3n) is 3.76. The lowest BCUT2D eigenvalue weighted by Crippen LogP contribution is -2.32. The molecule has 0 fully saturated rings. The van der Waals surface area contributed by atoms with E-state index in [0.717, 1.165) is 5.56 Å². The number of para-hydroxylation sites is 1. The highest BCUT2D eigenvalue weighted by molar-refractivity contribution is 6.30. The molecule has 0 aliphatic rings. The van der Waals surface area contributed by atoms with Gasteiger partial charge in [0, 0.05) is 10.6 Å². The van der Waals surface area contributed by atoms with Gasteiger partial charge in [0.1, 0.15) is 0 Å². The maximum Gasteiger partial charge on any atom is 0.313 e. The summed E-state index contributed by atoms with van der Waals surface area (Å²) in [5.74, 6) is -0.266. The number of amides is 1. The van der Waals surface area contributed by atoms with Crippen LogP contribution < -0.4 is 10.1 Å². The molecular weight excluding hydrogens is 344 g/mol. The molecule has 132 valence electrons. The Balaban J connectivity index is 2.02. The maximum atomic E-state index is 12.2. The molecule has 1 unspecified atom stereocenters. The Morgan fingerprint density at radius 3 is 2.56 bits per heavy atom. The second-order valence-corrected chi connectivity index (χ2v) is 5.98. The van der Waals surface area contributed by atoms with Gasteiger partial charge in [-0.1, -0.05) is 42.8 Å². The number of halogens is 1. The summed E-state index contributed by atoms with van der Waals surface area (Å²) in [6, 6.07) is 11.8. The normalized spacial score (nSPS) is 11.6. The van der Waals surface area contributed by atoms with E-state index >= 15 is 0 Å². The Bertz CT molecular complexity index is 762. The molecule has 0 aliphatic heterocycles. The molecule has 2 aromatic rings. The molecule has 0 saturated heterocycles. The predicted molar refractivity (Wildman–Crippen MR) is 96.0 cm³/mol. The van der Waals surface area contributed by atoms with Gasteiger partial charge in [0.2, 0.25) is 0 Å². The largest absolute Gasteiger partial charge is 0.477 e. The van der Waals surface area contributed by atoms with Crippen LogP contribution in [0.15, 0.2) is 42.5 Å². The van der Waals surface area contributed by atoms with Crippen molar-refractivity contribution in [2.24, 2.45) is 0 Å². The number of carbonyl (C=O) groups is 1. The number of carbonyl (C=O) groups excluding carboxylic acids is 1. The zero-order valence-corrected chi connectivity index (χ0v) is 14.7. The van der Waals surface area contributed by atoms with Gasteiger partial charge >= 0.3 is 5.69 Å². The van der Waals surface area contributed by atoms with E-state index in [0.29, 0.717) is 17.0 Å². The first-order chi connectivity index (χ1) is 11.9. The van der Waals surface area contributed by atoms with E-state index in [9.17, 15) is 14.9 Å². The van der Waals surface area contributed by atoms with E-state index < -0.39 is 4.92 Å². The van der Waals surface area contributed by atoms with Crippen LogP contribution in [0.3, 0.4) is 0 Å². The van der Waals surface area contributed by atoms with E-state index in [1.54, 1.807) is 31.2 Å². The Morgan fingerprint density at radius 2 is 1.96 bits per heavy atom. The molecule has 2 rings (SSSR count). The summed E-state index contributed by atoms with van der Waals surface area (Å²) in [5.41, 5.74) is 1.29. The van der Waals surface area contributed by atoms with E-state index in [-0.39, 0.29) is 30.0 Å². The van der Waals surface area contributed by atoms with Gasteiger partial charge < -0.3 is 10.1 Å². The van der Waals surface area contributed by atoms with Crippen molar-refractivity contribution in [3.05, 3.63) is 68.7 Å². The molecule has 1 N–H and O–H groups in total. The lowest BCUT2D eigenvalue weighted by Gasteiger charge is -2.18. The van der Waals surface area contributed by atoms with Crippen LogP contribution in [0, 0.1) is 17.0 Å². The van der Waals surface area contributed by atoms with Crippen molar-refractivity contribution < 1.29 is 14.5 Å². The Morgan fingerprint density at radius 1 is 1.28 bits per heavy atom. The number of aryl methyl sites for hydroxylation is 1. The van der Waals surface area contributed by atoms with Crippen LogP contribution in [-0.4, -0.2) is 17.4 Å². The molecule has 1 atom stereocenters. The van der Waals surface area contributed by atoms with Crippen molar-refractivity contribution in [2.75, 3.05) is 6.61 Å². The van der Waals surface area contributed by atoms with Gasteiger partial charge in [-0.05, 0) is 37.1 Å². The first kappa shape index (κ1) is 18.7. The lowest BCUT2D eigenvalue weighted by atomic mass is 10.0. The third kappa shape index (κ3) is 4.93. The number of nitrogens with zero attached hydrogens (tertiary/aromatic N) is 1. The highest BCUT2D eigenvalue weighted by Gasteiger charge is 2.20. The molecule has 0 saturated carbocycles. The molecule has 0 aliphatic carbocycles. The molecule has 0 spiro atoms. The predicted octanol–water partition coefficient (Wildman–Crippen LogP) is 4.20. The van der Waals surface area contributed by atoms with Crippen molar-refractivity contribution >= 4 is 23.2 Å². The molecule has 2 aromatic carbocycles. The van der Waals surface area contributed by atoms with Crippen molar-refractivity contribution in [2.45, 2.75) is 26.3 Å². The molecule has 0 bridgehead atoms. The summed E-state index contributed by atoms with van der Waals surface area (Å²) in [6.07, 6.45) is 0.692. The summed E-state index contributed by atoms with van der Waals surface area (Å²) in [6.45, 7) is 3.28. The van der Waals surface area contributed by atoms with Gasteiger partial charge in [0.15, 0.2) is 12.4 Å². The highest BCUT2D eigenvalue weighted by Crippen LogP contribution is 2.30.